The Morgan fingerprint density at radius 2 is 2.53 bits per heavy atom. The van der Waals surface area contributed by atoms with Gasteiger partial charge in [-0.25, -0.2) is 0 Å². The molecule has 1 fully saturated rings. The van der Waals surface area contributed by atoms with E-state index in [4.69, 9.17) is 0 Å². The Bertz CT molecular complexity index is 325. The molecular formula is C12H17NOS. The lowest BCUT2D eigenvalue weighted by atomic mass is 9.77. The van der Waals surface area contributed by atoms with Gasteiger partial charge in [0.15, 0.2) is 0 Å². The van der Waals surface area contributed by atoms with Crippen molar-refractivity contribution in [2.24, 2.45) is 5.41 Å². The van der Waals surface area contributed by atoms with Gasteiger partial charge in [-0.15, -0.1) is 0 Å². The van der Waals surface area contributed by atoms with Crippen LogP contribution in [0.3, 0.4) is 0 Å². The molecule has 1 aromatic heterocycles. The number of rotatable bonds is 3. The third-order valence-electron chi connectivity index (χ3n) is 3.22. The van der Waals surface area contributed by atoms with Gasteiger partial charge < -0.3 is 5.32 Å². The number of carbonyl (C=O) groups excluding carboxylic acids is 1. The fraction of sp³-hybridized carbons (Fsp3) is 0.583. The summed E-state index contributed by atoms with van der Waals surface area (Å²) in [5.41, 5.74) is 1.02. The number of carbonyl (C=O) groups is 1. The van der Waals surface area contributed by atoms with Crippen molar-refractivity contribution >= 4 is 17.1 Å². The maximum absolute atomic E-state index is 12.2. The first-order chi connectivity index (χ1) is 7.21. The fourth-order valence-electron chi connectivity index (χ4n) is 2.09. The fourth-order valence-corrected chi connectivity index (χ4v) is 2.75. The molecule has 0 aliphatic carbocycles. The molecule has 0 saturated carbocycles. The van der Waals surface area contributed by atoms with E-state index in [1.165, 1.54) is 0 Å². The van der Waals surface area contributed by atoms with E-state index < -0.39 is 0 Å². The summed E-state index contributed by atoms with van der Waals surface area (Å²) in [7, 11) is 0. The molecule has 82 valence electrons. The normalized spacial score (nSPS) is 26.5. The van der Waals surface area contributed by atoms with Crippen molar-refractivity contribution in [3.05, 3.63) is 22.4 Å². The summed E-state index contributed by atoms with van der Waals surface area (Å²) >= 11 is 1.66. The van der Waals surface area contributed by atoms with Gasteiger partial charge in [0, 0.05) is 18.4 Å². The smallest absolute Gasteiger partial charge is 0.144 e. The quantitative estimate of drug-likeness (QED) is 0.851. The maximum Gasteiger partial charge on any atom is 0.144 e. The summed E-state index contributed by atoms with van der Waals surface area (Å²) < 4.78 is 0. The molecule has 0 bridgehead atoms. The van der Waals surface area contributed by atoms with E-state index in [0.717, 1.165) is 31.5 Å². The minimum Gasteiger partial charge on any atom is -0.316 e. The van der Waals surface area contributed by atoms with E-state index in [2.05, 4.69) is 17.6 Å². The van der Waals surface area contributed by atoms with Crippen molar-refractivity contribution in [1.29, 1.82) is 0 Å². The van der Waals surface area contributed by atoms with E-state index in [1.54, 1.807) is 11.3 Å². The van der Waals surface area contributed by atoms with E-state index >= 15 is 0 Å². The Kier molecular flexibility index (Phi) is 3.22. The van der Waals surface area contributed by atoms with E-state index in [-0.39, 0.29) is 5.41 Å². The van der Waals surface area contributed by atoms with E-state index in [0.29, 0.717) is 12.2 Å². The number of ketones is 1. The highest BCUT2D eigenvalue weighted by atomic mass is 32.1. The molecule has 2 heterocycles. The summed E-state index contributed by atoms with van der Waals surface area (Å²) in [5.74, 6) is 0.383. The van der Waals surface area contributed by atoms with Gasteiger partial charge in [-0.1, -0.05) is 6.92 Å². The van der Waals surface area contributed by atoms with Gasteiger partial charge in [-0.3, -0.25) is 4.79 Å². The molecule has 2 nitrogen and oxygen atoms in total. The Morgan fingerprint density at radius 1 is 1.67 bits per heavy atom. The molecule has 3 heteroatoms. The number of thiophene rings is 1. The third kappa shape index (κ3) is 2.47. The molecule has 1 aromatic rings. The van der Waals surface area contributed by atoms with Crippen LogP contribution in [0, 0.1) is 5.41 Å². The second-order valence-corrected chi connectivity index (χ2v) is 5.35. The second-order valence-electron chi connectivity index (χ2n) is 4.57. The maximum atomic E-state index is 12.2. The van der Waals surface area contributed by atoms with Crippen LogP contribution in [0.4, 0.5) is 0 Å². The summed E-state index contributed by atoms with van der Waals surface area (Å²) in [5, 5.41) is 7.42. The Labute approximate surface area is 94.7 Å². The number of hydrogen-bond acceptors (Lipinski definition) is 3. The zero-order chi connectivity index (χ0) is 10.7. The standard InChI is InChI=1S/C12H17NOS/c1-12(4-2-5-13-9-12)11(14)7-10-3-6-15-8-10/h3,6,8,13H,2,4-5,7,9H2,1H3. The predicted molar refractivity (Wildman–Crippen MR) is 63.2 cm³/mol. The monoisotopic (exact) mass is 223 g/mol. The van der Waals surface area contributed by atoms with Gasteiger partial charge in [-0.2, -0.15) is 11.3 Å². The molecule has 1 unspecified atom stereocenters. The van der Waals surface area contributed by atoms with Gasteiger partial charge in [0.05, 0.1) is 0 Å². The molecule has 1 saturated heterocycles. The Balaban J connectivity index is 2.00. The average molecular weight is 223 g/mol. The van der Waals surface area contributed by atoms with Gasteiger partial charge in [0.1, 0.15) is 5.78 Å². The second kappa shape index (κ2) is 4.45. The Morgan fingerprint density at radius 3 is 3.13 bits per heavy atom. The van der Waals surface area contributed by atoms with Gasteiger partial charge in [-0.05, 0) is 41.8 Å². The number of Topliss-reactive ketones (excluding diaryl/α,β-unsaturated/α-hetero) is 1. The minimum absolute atomic E-state index is 0.139. The van der Waals surface area contributed by atoms with Crippen LogP contribution >= 0.6 is 11.3 Å². The highest BCUT2D eigenvalue weighted by molar-refractivity contribution is 7.07. The third-order valence-corrected chi connectivity index (χ3v) is 3.95. The van der Waals surface area contributed by atoms with Crippen LogP contribution in [0.25, 0.3) is 0 Å². The molecule has 1 aliphatic rings. The number of nitrogens with one attached hydrogen (secondary N) is 1. The predicted octanol–water partition coefficient (Wildman–Crippen LogP) is 2.25. The van der Waals surface area contributed by atoms with Gasteiger partial charge >= 0.3 is 0 Å². The van der Waals surface area contributed by atoms with Crippen molar-refractivity contribution < 1.29 is 4.79 Å². The molecule has 0 amide bonds. The lowest BCUT2D eigenvalue weighted by Crippen LogP contribution is -2.44. The topological polar surface area (TPSA) is 29.1 Å². The first-order valence-electron chi connectivity index (χ1n) is 5.46. The summed E-state index contributed by atoms with van der Waals surface area (Å²) in [6, 6.07) is 2.04. The zero-order valence-electron chi connectivity index (χ0n) is 9.08. The summed E-state index contributed by atoms with van der Waals surface area (Å²) in [4.78, 5) is 12.2. The molecule has 15 heavy (non-hydrogen) atoms. The highest BCUT2D eigenvalue weighted by Crippen LogP contribution is 2.28. The largest absolute Gasteiger partial charge is 0.316 e. The summed E-state index contributed by atoms with van der Waals surface area (Å²) in [6.45, 7) is 3.99. The molecular weight excluding hydrogens is 206 g/mol. The van der Waals surface area contributed by atoms with Crippen LogP contribution in [0.2, 0.25) is 0 Å². The number of hydrogen-bond donors (Lipinski definition) is 1. The SMILES string of the molecule is CC1(C(=O)Cc2ccsc2)CCCNC1. The van der Waals surface area contributed by atoms with Crippen LogP contribution in [0.15, 0.2) is 16.8 Å². The summed E-state index contributed by atoms with van der Waals surface area (Å²) in [6.07, 6.45) is 2.75. The van der Waals surface area contributed by atoms with Crippen LogP contribution in [0.5, 0.6) is 0 Å². The van der Waals surface area contributed by atoms with E-state index in [1.807, 2.05) is 11.4 Å². The minimum atomic E-state index is -0.139. The molecule has 0 spiro atoms. The van der Waals surface area contributed by atoms with Crippen molar-refractivity contribution in [1.82, 2.24) is 5.32 Å². The van der Waals surface area contributed by atoms with Gasteiger partial charge in [0.2, 0.25) is 0 Å². The van der Waals surface area contributed by atoms with Crippen LogP contribution in [-0.2, 0) is 11.2 Å². The van der Waals surface area contributed by atoms with Crippen molar-refractivity contribution in [2.45, 2.75) is 26.2 Å². The first-order valence-corrected chi connectivity index (χ1v) is 6.40. The Hall–Kier alpha value is -0.670. The average Bonchev–Trinajstić information content (AvgIpc) is 2.71. The van der Waals surface area contributed by atoms with Crippen LogP contribution < -0.4 is 5.32 Å². The van der Waals surface area contributed by atoms with Crippen molar-refractivity contribution in [2.75, 3.05) is 13.1 Å². The first kappa shape index (κ1) is 10.8. The molecule has 0 aromatic carbocycles. The van der Waals surface area contributed by atoms with Gasteiger partial charge in [0.25, 0.3) is 0 Å². The lowest BCUT2D eigenvalue weighted by Gasteiger charge is -2.32. The molecule has 1 N–H and O–H groups in total. The molecule has 1 atom stereocenters. The molecule has 2 rings (SSSR count). The highest BCUT2D eigenvalue weighted by Gasteiger charge is 2.33. The molecule has 0 radical (unpaired) electrons. The van der Waals surface area contributed by atoms with E-state index in [9.17, 15) is 4.79 Å². The van der Waals surface area contributed by atoms with Crippen LogP contribution in [0.1, 0.15) is 25.3 Å². The molecule has 1 aliphatic heterocycles. The van der Waals surface area contributed by atoms with Crippen molar-refractivity contribution in [3.8, 4) is 0 Å². The van der Waals surface area contributed by atoms with Crippen LogP contribution in [-0.4, -0.2) is 18.9 Å². The van der Waals surface area contributed by atoms with Crippen molar-refractivity contribution in [3.63, 3.8) is 0 Å². The lowest BCUT2D eigenvalue weighted by molar-refractivity contribution is -0.128. The zero-order valence-corrected chi connectivity index (χ0v) is 9.90. The number of piperidine rings is 1.